The van der Waals surface area contributed by atoms with Crippen LogP contribution in [0.2, 0.25) is 0 Å². The molecule has 2 aliphatic heterocycles. The Morgan fingerprint density at radius 3 is 1.01 bits per heavy atom. The number of rotatable bonds is 9. The minimum absolute atomic E-state index is 0.0197. The number of hydrogen-bond donors (Lipinski definition) is 0. The SMILES string of the molecule is [2H]c1c([2H])c([2H])c(-c2ccc3c(c2)N(c2c(-c4c([2H])c([2H])c(C(C)(C)C)c([2H])c4[2H])c([2H])c(C(C)(C)C)c([2H])c2-c2c([2H])c([2H])c(C(C)(C)C)c([2H])c2C(C)(C)C)c2cc(-n4c5c([2H])c([2H])c([2H])c([2H])c5c5c([2H])c([2H])c([2H])c([2H])c54)cc4c2B3c2ccc(-n3c5c([2H])c([2H])c([2H])c([2H])c5c5c([2H])c([2H])c([2H])c([2H])c53)cc2N4c2c(-c3c([2H])c([2H])c(C(C)(C)C)c([2H])c3[2H])c([2H])c(C(C)(C)C)c([2H])c2-c2c([2H])c(C(C)(C)C)c([2H])c(C(C)(C)C)c2[2H])c([2H])c1[2H]. The molecule has 0 saturated carbocycles. The highest BCUT2D eigenvalue weighted by molar-refractivity contribution is 7.00. The third-order valence-electron chi connectivity index (χ3n) is 22.6. The summed E-state index contributed by atoms with van der Waals surface area (Å²) in [4.78, 5) is 2.71. The van der Waals surface area contributed by atoms with Gasteiger partial charge in [0, 0.05) is 72.2 Å². The number of aromatic nitrogens is 2. The standard InChI is InChI=1S/C116H119BN4/c1-109(2,3)77-51-46-73(47-52-77)91-64-82(114(16,17)18)66-93(76-60-80(112(10,11)12)63-81(61-76)113(13,14)15)107(91)121-103-69-84(118-98-42-32-28-38-87(98)88-39-29-33-43-99(88)118)56-59-97(103)117-96-58-50-75(72-36-26-25-27-37-72)62-102(96)120(104-70-85(71-105(121)106(104)117)119-100-44-34-30-40-89(100)90-41-31-35-45-101(90)119)108-92(74-48-53-78(54-49-74)110(4,5)6)65-83(115(19,20)21)67-94(108)86-57-55-79(111(7,8)9)68-95(86)116(22,23)24/h25-71H,1-24H3/i25D,26D,27D,28D,29D,30D,31D,32D,33D,34D,35D,36D,37D,38D,39D,40D,41D,42D,43D,44D,45D,46D,47D,48D,49D,51D,52D,53D,54D,55D,57D,60D,61D,63D,64D,65D,66D,67D,68D. The van der Waals surface area contributed by atoms with Gasteiger partial charge in [0.05, 0.1) is 92.6 Å². The fourth-order valence-corrected chi connectivity index (χ4v) is 16.1. The number of anilines is 6. The first-order valence-corrected chi connectivity index (χ1v) is 40.9. The second-order valence-electron chi connectivity index (χ2n) is 40.0. The van der Waals surface area contributed by atoms with Crippen molar-refractivity contribution in [1.82, 2.24) is 9.13 Å². The molecule has 0 spiro atoms. The number of fused-ring (bicyclic) bond motifs is 10. The van der Waals surface area contributed by atoms with Gasteiger partial charge in [-0.25, -0.2) is 0 Å². The van der Waals surface area contributed by atoms with E-state index < -0.39 is 396 Å². The van der Waals surface area contributed by atoms with E-state index in [0.29, 0.717) is 0 Å². The Bertz CT molecular complexity index is 9060. The monoisotopic (exact) mass is 1620 g/mol. The molecule has 0 aliphatic carbocycles. The van der Waals surface area contributed by atoms with Crippen LogP contribution in [0, 0.1) is 0 Å². The number of benzene rings is 14. The molecule has 606 valence electrons. The van der Waals surface area contributed by atoms with E-state index in [2.05, 4.69) is 0 Å². The van der Waals surface area contributed by atoms with Crippen LogP contribution in [0.4, 0.5) is 34.1 Å². The summed E-state index contributed by atoms with van der Waals surface area (Å²) < 4.78 is 408. The summed E-state index contributed by atoms with van der Waals surface area (Å²) in [6, 6.07) is -19.0. The van der Waals surface area contributed by atoms with E-state index in [9.17, 15) is 52.1 Å². The van der Waals surface area contributed by atoms with Crippen LogP contribution in [0.25, 0.3) is 111 Å². The average molecular weight is 1620 g/mol. The minimum atomic E-state index is -1.75. The normalized spacial score (nSPS) is 18.1. The van der Waals surface area contributed by atoms with Gasteiger partial charge in [0.25, 0.3) is 6.71 Å². The van der Waals surface area contributed by atoms with E-state index in [1.54, 1.807) is 166 Å². The smallest absolute Gasteiger partial charge is 0.252 e. The van der Waals surface area contributed by atoms with Crippen molar-refractivity contribution in [2.75, 3.05) is 9.80 Å². The molecule has 0 unspecified atom stereocenters. The van der Waals surface area contributed by atoms with Gasteiger partial charge in [-0.1, -0.05) is 372 Å². The summed E-state index contributed by atoms with van der Waals surface area (Å²) in [7, 11) is 0. The van der Waals surface area contributed by atoms with Gasteiger partial charge in [-0.05, 0) is 216 Å². The minimum Gasteiger partial charge on any atom is -0.310 e. The van der Waals surface area contributed by atoms with Crippen LogP contribution in [-0.4, -0.2) is 15.8 Å². The molecule has 0 N–H and O–H groups in total. The molecule has 16 aromatic rings. The number of hydrogen-bond acceptors (Lipinski definition) is 2. The third kappa shape index (κ3) is 14.0. The van der Waals surface area contributed by atoms with Gasteiger partial charge in [0.1, 0.15) is 0 Å². The summed E-state index contributed by atoms with van der Waals surface area (Å²) in [5.41, 5.74) is -23.4. The zero-order chi connectivity index (χ0) is 119. The van der Waals surface area contributed by atoms with E-state index in [4.69, 9.17) is 1.37 Å². The van der Waals surface area contributed by atoms with Crippen LogP contribution in [-0.2, 0) is 43.3 Å². The zero-order valence-electron chi connectivity index (χ0n) is 112. The molecule has 0 atom stereocenters. The molecular formula is C116H119BN4. The van der Waals surface area contributed by atoms with Crippen LogP contribution in [0.1, 0.15) is 264 Å². The van der Waals surface area contributed by atoms with Crippen molar-refractivity contribution in [1.29, 1.82) is 0 Å². The predicted molar refractivity (Wildman–Crippen MR) is 526 cm³/mol. The Labute approximate surface area is 775 Å². The second-order valence-corrected chi connectivity index (χ2v) is 40.0. The molecule has 18 rings (SSSR count). The molecule has 0 saturated heterocycles. The average Bonchev–Trinajstić information content (AvgIpc) is 0.947. The fourth-order valence-electron chi connectivity index (χ4n) is 16.1. The zero-order valence-corrected chi connectivity index (χ0v) is 73.0. The third-order valence-corrected chi connectivity index (χ3v) is 22.6. The van der Waals surface area contributed by atoms with Crippen LogP contribution in [0.5, 0.6) is 0 Å². The van der Waals surface area contributed by atoms with Gasteiger partial charge in [-0.15, -0.1) is 0 Å². The second kappa shape index (κ2) is 28.5. The first-order valence-electron chi connectivity index (χ1n) is 60.4. The van der Waals surface area contributed by atoms with Crippen LogP contribution in [0.15, 0.2) is 284 Å². The van der Waals surface area contributed by atoms with Gasteiger partial charge in [-0.3, -0.25) is 0 Å². The van der Waals surface area contributed by atoms with Crippen LogP contribution >= 0.6 is 0 Å². The van der Waals surface area contributed by atoms with Gasteiger partial charge >= 0.3 is 0 Å². The van der Waals surface area contributed by atoms with Crippen molar-refractivity contribution >= 4 is 101 Å². The Balaban J connectivity index is 1.28. The largest absolute Gasteiger partial charge is 0.310 e. The number of nitrogens with zero attached hydrogens (tertiary/aromatic N) is 4. The highest BCUT2D eigenvalue weighted by Crippen LogP contribution is 2.58. The lowest BCUT2D eigenvalue weighted by Gasteiger charge is -2.46. The Morgan fingerprint density at radius 2 is 0.587 bits per heavy atom. The molecule has 2 aromatic heterocycles. The summed E-state index contributed by atoms with van der Waals surface area (Å²) >= 11 is 0. The van der Waals surface area contributed by atoms with E-state index >= 15 is 0 Å². The van der Waals surface area contributed by atoms with Gasteiger partial charge < -0.3 is 18.9 Å². The van der Waals surface area contributed by atoms with Crippen molar-refractivity contribution in [2.45, 2.75) is 209 Å². The summed E-state index contributed by atoms with van der Waals surface area (Å²) in [6.07, 6.45) is 0. The van der Waals surface area contributed by atoms with Gasteiger partial charge in [0.15, 0.2) is 0 Å². The maximum absolute atomic E-state index is 11.9. The molecule has 5 heteroatoms. The Morgan fingerprint density at radius 1 is 0.240 bits per heavy atom. The van der Waals surface area contributed by atoms with Gasteiger partial charge in [-0.2, -0.15) is 0 Å². The van der Waals surface area contributed by atoms with Crippen LogP contribution in [0.3, 0.4) is 0 Å². The molecule has 4 nitrogen and oxygen atoms in total. The predicted octanol–water partition coefficient (Wildman–Crippen LogP) is 30.7. The molecular weight excluding hydrogens is 1460 g/mol. The Kier molecular flexibility index (Phi) is 11.1. The molecule has 0 amide bonds. The lowest BCUT2D eigenvalue weighted by atomic mass is 9.33. The topological polar surface area (TPSA) is 16.3 Å². The van der Waals surface area contributed by atoms with E-state index in [1.807, 2.05) is 0 Å². The van der Waals surface area contributed by atoms with Crippen molar-refractivity contribution in [3.05, 3.63) is 329 Å². The quantitative estimate of drug-likeness (QED) is 0.134. The first kappa shape index (κ1) is 46.9. The van der Waals surface area contributed by atoms with Crippen molar-refractivity contribution in [2.24, 2.45) is 0 Å². The maximum Gasteiger partial charge on any atom is 0.252 e. The summed E-state index contributed by atoms with van der Waals surface area (Å²) in [5, 5.41) is -1.99. The fraction of sp³-hybridized carbons (Fsp3) is 0.276. The number of para-hydroxylation sites is 4. The maximum atomic E-state index is 11.9. The van der Waals surface area contributed by atoms with Crippen molar-refractivity contribution < 1.29 is 53.5 Å². The summed E-state index contributed by atoms with van der Waals surface area (Å²) in [5.74, 6) is 0. The van der Waals surface area contributed by atoms with E-state index in [1.165, 1.54) is 58.3 Å². The molecule has 0 bridgehead atoms. The van der Waals surface area contributed by atoms with Crippen molar-refractivity contribution in [3.63, 3.8) is 0 Å². The summed E-state index contributed by atoms with van der Waals surface area (Å²) in [6.45, 7) is 38.6. The molecule has 121 heavy (non-hydrogen) atoms. The lowest BCUT2D eigenvalue weighted by Crippen LogP contribution is -2.61. The van der Waals surface area contributed by atoms with E-state index in [-0.39, 0.29) is 95.6 Å². The van der Waals surface area contributed by atoms with Crippen LogP contribution < -0.4 is 26.2 Å². The first-order chi connectivity index (χ1) is 73.4. The Hall–Kier alpha value is -11.7. The lowest BCUT2D eigenvalue weighted by molar-refractivity contribution is 0.568. The molecule has 4 heterocycles. The van der Waals surface area contributed by atoms with E-state index in [0.717, 1.165) is 9.13 Å². The molecule has 0 radical (unpaired) electrons. The van der Waals surface area contributed by atoms with Gasteiger partial charge in [0.2, 0.25) is 0 Å². The highest BCUT2D eigenvalue weighted by Gasteiger charge is 2.47. The van der Waals surface area contributed by atoms with Crippen molar-refractivity contribution in [3.8, 4) is 67.0 Å². The molecule has 0 fully saturated rings. The highest BCUT2D eigenvalue weighted by atomic mass is 15.2. The molecule has 14 aromatic carbocycles. The molecule has 2 aliphatic rings.